The number of benzene rings is 1. The van der Waals surface area contributed by atoms with Crippen LogP contribution in [0, 0.1) is 0 Å². The maximum Gasteiger partial charge on any atom is 0.244 e. The van der Waals surface area contributed by atoms with E-state index in [0.29, 0.717) is 37.3 Å². The first kappa shape index (κ1) is 18.9. The summed E-state index contributed by atoms with van der Waals surface area (Å²) < 4.78 is 29.1. The molecule has 0 radical (unpaired) electrons. The van der Waals surface area contributed by atoms with Crippen LogP contribution in [0.3, 0.4) is 0 Å². The third-order valence-electron chi connectivity index (χ3n) is 4.31. The highest BCUT2D eigenvalue weighted by Crippen LogP contribution is 2.23. The molecule has 0 aromatic heterocycles. The van der Waals surface area contributed by atoms with Crippen molar-refractivity contribution in [1.29, 1.82) is 0 Å². The van der Waals surface area contributed by atoms with Crippen LogP contribution in [-0.4, -0.2) is 37.8 Å². The van der Waals surface area contributed by atoms with Gasteiger partial charge in [-0.3, -0.25) is 4.79 Å². The van der Waals surface area contributed by atoms with Crippen LogP contribution in [0.25, 0.3) is 0 Å². The molecule has 1 aromatic rings. The van der Waals surface area contributed by atoms with Gasteiger partial charge in [-0.2, -0.15) is 0 Å². The van der Waals surface area contributed by atoms with Gasteiger partial charge in [-0.05, 0) is 51.3 Å². The number of carbonyl (C=O) groups is 1. The Hall–Kier alpha value is -1.44. The molecule has 1 saturated heterocycles. The highest BCUT2D eigenvalue weighted by atomic mass is 32.2. The van der Waals surface area contributed by atoms with Gasteiger partial charge in [0.2, 0.25) is 5.91 Å². The van der Waals surface area contributed by atoms with Crippen molar-refractivity contribution in [3.05, 3.63) is 29.8 Å². The summed E-state index contributed by atoms with van der Waals surface area (Å²) in [4.78, 5) is 12.4. The molecule has 0 aliphatic carbocycles. The zero-order valence-electron chi connectivity index (χ0n) is 14.5. The fourth-order valence-electron chi connectivity index (χ4n) is 2.39. The molecule has 1 aromatic carbocycles. The van der Waals surface area contributed by atoms with E-state index in [1.165, 1.54) is 0 Å². The number of amides is 1. The second-order valence-electron chi connectivity index (χ2n) is 7.29. The maximum atomic E-state index is 12.4. The lowest BCUT2D eigenvalue weighted by Crippen LogP contribution is -2.54. The topological polar surface area (TPSA) is 98.5 Å². The van der Waals surface area contributed by atoms with E-state index in [0.717, 1.165) is 0 Å². The summed E-state index contributed by atoms with van der Waals surface area (Å²) >= 11 is 0. The Balaban J connectivity index is 2.12. The minimum Gasteiger partial charge on any atom is -0.381 e. The highest BCUT2D eigenvalue weighted by Gasteiger charge is 2.36. The molecule has 1 aliphatic heterocycles. The fraction of sp³-hybridized carbons (Fsp3) is 0.588. The molecule has 6 nitrogen and oxygen atoms in total. The Morgan fingerprint density at radius 2 is 1.92 bits per heavy atom. The molecule has 0 bridgehead atoms. The summed E-state index contributed by atoms with van der Waals surface area (Å²) in [6.45, 7) is 5.97. The van der Waals surface area contributed by atoms with Crippen molar-refractivity contribution in [2.45, 2.75) is 49.7 Å². The van der Waals surface area contributed by atoms with Crippen LogP contribution in [0.2, 0.25) is 0 Å². The quantitative estimate of drug-likeness (QED) is 0.860. The zero-order chi connectivity index (χ0) is 18.0. The predicted molar refractivity (Wildman–Crippen MR) is 94.4 cm³/mol. The van der Waals surface area contributed by atoms with Crippen LogP contribution in [-0.2, 0) is 25.1 Å². The van der Waals surface area contributed by atoms with Crippen LogP contribution in [0.1, 0.15) is 39.2 Å². The lowest BCUT2D eigenvalue weighted by atomic mass is 9.90. The third-order valence-corrected chi connectivity index (χ3v) is 6.89. The Morgan fingerprint density at radius 1 is 1.29 bits per heavy atom. The molecule has 0 spiro atoms. The van der Waals surface area contributed by atoms with Crippen LogP contribution in [0.5, 0.6) is 0 Å². The van der Waals surface area contributed by atoms with Crippen LogP contribution < -0.4 is 11.1 Å². The number of anilines is 1. The van der Waals surface area contributed by atoms with Crippen molar-refractivity contribution in [2.75, 3.05) is 18.5 Å². The average molecular weight is 354 g/mol. The summed E-state index contributed by atoms with van der Waals surface area (Å²) in [6.07, 6.45) is 0.938. The number of rotatable bonds is 4. The summed E-state index contributed by atoms with van der Waals surface area (Å²) in [6, 6.07) is 6.89. The number of nitrogens with one attached hydrogen (secondary N) is 1. The number of hydrogen-bond donors (Lipinski definition) is 2. The van der Waals surface area contributed by atoms with Gasteiger partial charge in [-0.15, -0.1) is 0 Å². The van der Waals surface area contributed by atoms with Gasteiger partial charge in [0.15, 0.2) is 9.84 Å². The van der Waals surface area contributed by atoms with Crippen LogP contribution in [0.15, 0.2) is 24.3 Å². The third kappa shape index (κ3) is 4.34. The Labute approximate surface area is 143 Å². The van der Waals surface area contributed by atoms with E-state index in [4.69, 9.17) is 10.5 Å². The zero-order valence-corrected chi connectivity index (χ0v) is 15.3. The van der Waals surface area contributed by atoms with Gasteiger partial charge >= 0.3 is 0 Å². The van der Waals surface area contributed by atoms with Crippen molar-refractivity contribution < 1.29 is 17.9 Å². The lowest BCUT2D eigenvalue weighted by molar-refractivity contribution is -0.124. The summed E-state index contributed by atoms with van der Waals surface area (Å²) in [5.41, 5.74) is 6.41. The van der Waals surface area contributed by atoms with Crippen molar-refractivity contribution in [1.82, 2.24) is 0 Å². The number of sulfone groups is 1. The normalized spacial score (nSPS) is 18.2. The molecule has 1 amide bonds. The molecule has 0 atom stereocenters. The lowest BCUT2D eigenvalue weighted by Gasteiger charge is -2.31. The van der Waals surface area contributed by atoms with Crippen molar-refractivity contribution >= 4 is 21.4 Å². The van der Waals surface area contributed by atoms with E-state index in [-0.39, 0.29) is 11.7 Å². The standard InChI is InChI=1S/C17H26N2O4S/c1-16(2,3)24(21,22)12-13-5-4-6-14(11-13)19-15(20)17(18)7-9-23-10-8-17/h4-6,11H,7-10,12,18H2,1-3H3,(H,19,20). The van der Waals surface area contributed by atoms with E-state index >= 15 is 0 Å². The SMILES string of the molecule is CC(C)(C)S(=O)(=O)Cc1cccc(NC(=O)C2(N)CCOCC2)c1. The number of hydrogen-bond acceptors (Lipinski definition) is 5. The molecule has 134 valence electrons. The van der Waals surface area contributed by atoms with Crippen LogP contribution in [0.4, 0.5) is 5.69 Å². The van der Waals surface area contributed by atoms with E-state index in [1.54, 1.807) is 45.0 Å². The first-order valence-electron chi connectivity index (χ1n) is 8.03. The van der Waals surface area contributed by atoms with Gasteiger partial charge in [0.1, 0.15) is 5.54 Å². The molecule has 0 saturated carbocycles. The molecule has 1 aliphatic rings. The minimum atomic E-state index is -3.28. The Morgan fingerprint density at radius 3 is 2.50 bits per heavy atom. The molecular weight excluding hydrogens is 328 g/mol. The van der Waals surface area contributed by atoms with Gasteiger partial charge in [0, 0.05) is 18.9 Å². The Kier molecular flexibility index (Phi) is 5.37. The Bertz CT molecular complexity index is 702. The van der Waals surface area contributed by atoms with Crippen LogP contribution >= 0.6 is 0 Å². The first-order chi connectivity index (χ1) is 11.0. The molecule has 1 fully saturated rings. The van der Waals surface area contributed by atoms with Gasteiger partial charge in [0.05, 0.1) is 10.5 Å². The van der Waals surface area contributed by atoms with Gasteiger partial charge in [-0.25, -0.2) is 8.42 Å². The molecule has 3 N–H and O–H groups in total. The molecule has 1 heterocycles. The molecule has 0 unspecified atom stereocenters. The monoisotopic (exact) mass is 354 g/mol. The average Bonchev–Trinajstić information content (AvgIpc) is 2.46. The molecule has 24 heavy (non-hydrogen) atoms. The minimum absolute atomic E-state index is 0.0676. The van der Waals surface area contributed by atoms with E-state index in [9.17, 15) is 13.2 Å². The summed E-state index contributed by atoms with van der Waals surface area (Å²) in [5, 5.41) is 2.80. The van der Waals surface area contributed by atoms with Crippen molar-refractivity contribution in [3.8, 4) is 0 Å². The van der Waals surface area contributed by atoms with Gasteiger partial charge < -0.3 is 15.8 Å². The van der Waals surface area contributed by atoms with Gasteiger partial charge in [0.25, 0.3) is 0 Å². The smallest absolute Gasteiger partial charge is 0.244 e. The molecular formula is C17H26N2O4S. The van der Waals surface area contributed by atoms with Crippen molar-refractivity contribution in [2.24, 2.45) is 5.73 Å². The molecule has 2 rings (SSSR count). The largest absolute Gasteiger partial charge is 0.381 e. The van der Waals surface area contributed by atoms with E-state index in [1.807, 2.05) is 0 Å². The number of carbonyl (C=O) groups excluding carboxylic acids is 1. The molecule has 7 heteroatoms. The number of ether oxygens (including phenoxy) is 1. The highest BCUT2D eigenvalue weighted by molar-refractivity contribution is 7.91. The van der Waals surface area contributed by atoms with Gasteiger partial charge in [-0.1, -0.05) is 12.1 Å². The first-order valence-corrected chi connectivity index (χ1v) is 9.68. The second kappa shape index (κ2) is 6.82. The summed E-state index contributed by atoms with van der Waals surface area (Å²) in [5.74, 6) is -0.330. The fourth-order valence-corrected chi connectivity index (χ4v) is 3.44. The maximum absolute atomic E-state index is 12.4. The van der Waals surface area contributed by atoms with E-state index in [2.05, 4.69) is 5.32 Å². The van der Waals surface area contributed by atoms with Crippen molar-refractivity contribution in [3.63, 3.8) is 0 Å². The van der Waals surface area contributed by atoms with E-state index < -0.39 is 20.1 Å². The number of nitrogens with two attached hydrogens (primary N) is 1. The predicted octanol–water partition coefficient (Wildman–Crippen LogP) is 1.85. The summed E-state index contributed by atoms with van der Waals surface area (Å²) in [7, 11) is -3.28. The second-order valence-corrected chi connectivity index (χ2v) is 10.0.